The fourth-order valence-corrected chi connectivity index (χ4v) is 3.63. The number of hydrogen-bond acceptors (Lipinski definition) is 4. The first-order valence-electron chi connectivity index (χ1n) is 11.9. The van der Waals surface area contributed by atoms with E-state index >= 15 is 0 Å². The molecule has 0 aliphatic heterocycles. The number of carboxylic acid groups (broad SMARTS) is 1. The van der Waals surface area contributed by atoms with E-state index in [0.29, 0.717) is 18.5 Å². The maximum Gasteiger partial charge on any atom is 0.319 e. The third kappa shape index (κ3) is 10.5. The predicted octanol–water partition coefficient (Wildman–Crippen LogP) is 2.99. The molecule has 0 aromatic heterocycles. The van der Waals surface area contributed by atoms with E-state index < -0.39 is 12.0 Å². The van der Waals surface area contributed by atoms with Gasteiger partial charge in [-0.1, -0.05) is 57.2 Å². The van der Waals surface area contributed by atoms with E-state index in [1.165, 1.54) is 0 Å². The first-order chi connectivity index (χ1) is 16.6. The van der Waals surface area contributed by atoms with E-state index in [2.05, 4.69) is 21.3 Å². The molecule has 3 atom stereocenters. The van der Waals surface area contributed by atoms with Crippen molar-refractivity contribution >= 4 is 29.5 Å². The highest BCUT2D eigenvalue weighted by molar-refractivity contribution is 5.90. The van der Waals surface area contributed by atoms with Crippen LogP contribution in [0.2, 0.25) is 0 Å². The zero-order chi connectivity index (χ0) is 25.8. The lowest BCUT2D eigenvalue weighted by atomic mass is 9.97. The molecule has 0 fully saturated rings. The van der Waals surface area contributed by atoms with Gasteiger partial charge in [0.1, 0.15) is 6.04 Å². The van der Waals surface area contributed by atoms with Crippen LogP contribution in [0.4, 0.5) is 10.5 Å². The monoisotopic (exact) mass is 484 g/mol. The zero-order valence-corrected chi connectivity index (χ0v) is 20.5. The Morgan fingerprint density at radius 2 is 1.71 bits per heavy atom. The molecule has 1 aromatic carbocycles. The minimum absolute atomic E-state index is 0.0257. The van der Waals surface area contributed by atoms with Crippen molar-refractivity contribution in [2.24, 2.45) is 11.8 Å². The molecule has 190 valence electrons. The van der Waals surface area contributed by atoms with Crippen molar-refractivity contribution < 1.29 is 24.3 Å². The van der Waals surface area contributed by atoms with Gasteiger partial charge >= 0.3 is 12.0 Å². The van der Waals surface area contributed by atoms with E-state index in [9.17, 15) is 19.2 Å². The van der Waals surface area contributed by atoms with Crippen molar-refractivity contribution in [2.45, 2.75) is 58.5 Å². The number of anilines is 1. The highest BCUT2D eigenvalue weighted by atomic mass is 16.4. The number of aliphatic carboxylic acids is 1. The van der Waals surface area contributed by atoms with Crippen molar-refractivity contribution in [1.29, 1.82) is 0 Å². The van der Waals surface area contributed by atoms with Crippen LogP contribution in [0.1, 0.15) is 45.6 Å². The van der Waals surface area contributed by atoms with Crippen LogP contribution in [0.3, 0.4) is 0 Å². The average Bonchev–Trinajstić information content (AvgIpc) is 2.78. The summed E-state index contributed by atoms with van der Waals surface area (Å²) in [5.74, 6) is -1.13. The van der Waals surface area contributed by atoms with Crippen molar-refractivity contribution in [2.75, 3.05) is 11.9 Å². The first-order valence-corrected chi connectivity index (χ1v) is 11.9. The lowest BCUT2D eigenvalue weighted by Crippen LogP contribution is -2.48. The largest absolute Gasteiger partial charge is 0.481 e. The Bertz CT molecular complexity index is 940. The van der Waals surface area contributed by atoms with Gasteiger partial charge in [-0.05, 0) is 42.4 Å². The van der Waals surface area contributed by atoms with Crippen LogP contribution >= 0.6 is 0 Å². The molecule has 1 aromatic rings. The highest BCUT2D eigenvalue weighted by Crippen LogP contribution is 2.14. The van der Waals surface area contributed by atoms with Gasteiger partial charge in [0, 0.05) is 18.7 Å². The van der Waals surface area contributed by atoms with Crippen molar-refractivity contribution in [3.63, 3.8) is 0 Å². The van der Waals surface area contributed by atoms with Crippen LogP contribution in [-0.2, 0) is 20.8 Å². The summed E-state index contributed by atoms with van der Waals surface area (Å²) >= 11 is 0. The molecule has 0 saturated carbocycles. The van der Waals surface area contributed by atoms with Gasteiger partial charge in [-0.2, -0.15) is 0 Å². The molecule has 2 rings (SSSR count). The number of nitrogens with one attached hydrogen (secondary N) is 4. The Morgan fingerprint density at radius 1 is 1.03 bits per heavy atom. The summed E-state index contributed by atoms with van der Waals surface area (Å²) in [5, 5.41) is 19.9. The van der Waals surface area contributed by atoms with E-state index in [1.54, 1.807) is 24.3 Å². The summed E-state index contributed by atoms with van der Waals surface area (Å²) < 4.78 is 0. The molecule has 0 heterocycles. The number of carbonyl (C=O) groups is 4. The molecular formula is C26H36N4O5. The maximum atomic E-state index is 12.6. The van der Waals surface area contributed by atoms with Gasteiger partial charge in [-0.3, -0.25) is 14.4 Å². The van der Waals surface area contributed by atoms with Crippen LogP contribution in [0, 0.1) is 11.8 Å². The number of benzene rings is 1. The smallest absolute Gasteiger partial charge is 0.319 e. The quantitative estimate of drug-likeness (QED) is 0.291. The molecule has 0 spiro atoms. The predicted molar refractivity (Wildman–Crippen MR) is 135 cm³/mol. The number of rotatable bonds is 12. The van der Waals surface area contributed by atoms with Crippen LogP contribution in [-0.4, -0.2) is 47.5 Å². The Balaban J connectivity index is 1.84. The summed E-state index contributed by atoms with van der Waals surface area (Å²) in [4.78, 5) is 48.0. The molecular weight excluding hydrogens is 448 g/mol. The zero-order valence-electron chi connectivity index (χ0n) is 20.5. The number of carbonyl (C=O) groups excluding carboxylic acids is 3. The van der Waals surface area contributed by atoms with Crippen LogP contribution < -0.4 is 21.3 Å². The standard InChI is InChI=1S/C26H36N4O5/c1-17(2)15-22(25(34)27-14-6-9-24(32)33)29-23(31)16-19-10-12-20(13-11-19)28-26(35)30-21-8-5-4-7-18(21)3/h4-5,7-8,10-13,17-18,21-22H,6,9,14-16H2,1-3H3,(H,27,34)(H,29,31)(H,32,33)(H2,28,30,35). The van der Waals surface area contributed by atoms with Crippen LogP contribution in [0.5, 0.6) is 0 Å². The molecule has 4 amide bonds. The lowest BCUT2D eigenvalue weighted by molar-refractivity contribution is -0.137. The number of amides is 4. The molecule has 0 bridgehead atoms. The van der Waals surface area contributed by atoms with Crippen LogP contribution in [0.15, 0.2) is 48.6 Å². The normalized spacial score (nSPS) is 17.5. The SMILES string of the molecule is CC(C)CC(NC(=O)Cc1ccc(NC(=O)NC2C=CC=CC2C)cc1)C(=O)NCCCC(=O)O. The highest BCUT2D eigenvalue weighted by Gasteiger charge is 2.22. The molecule has 5 N–H and O–H groups in total. The lowest BCUT2D eigenvalue weighted by Gasteiger charge is -2.22. The van der Waals surface area contributed by atoms with Gasteiger partial charge in [-0.15, -0.1) is 0 Å². The third-order valence-electron chi connectivity index (χ3n) is 5.51. The summed E-state index contributed by atoms with van der Waals surface area (Å²) in [5.41, 5.74) is 1.35. The van der Waals surface area contributed by atoms with Gasteiger partial charge in [0.05, 0.1) is 12.5 Å². The number of hydrogen-bond donors (Lipinski definition) is 5. The Kier molecular flexibility index (Phi) is 11.0. The van der Waals surface area contributed by atoms with Crippen molar-refractivity contribution in [3.05, 3.63) is 54.1 Å². The first kappa shape index (κ1) is 27.6. The molecule has 9 heteroatoms. The van der Waals surface area contributed by atoms with E-state index in [-0.39, 0.29) is 55.1 Å². The third-order valence-corrected chi connectivity index (χ3v) is 5.51. The summed E-state index contributed by atoms with van der Waals surface area (Å²) in [6, 6.07) is 5.89. The van der Waals surface area contributed by atoms with Gasteiger partial charge in [-0.25, -0.2) is 4.79 Å². The number of urea groups is 1. The summed E-state index contributed by atoms with van der Waals surface area (Å²) in [6.07, 6.45) is 8.68. The Morgan fingerprint density at radius 3 is 2.34 bits per heavy atom. The molecule has 1 aliphatic rings. The van der Waals surface area contributed by atoms with Gasteiger partial charge in [0.25, 0.3) is 0 Å². The van der Waals surface area contributed by atoms with E-state index in [4.69, 9.17) is 5.11 Å². The number of allylic oxidation sites excluding steroid dienone is 2. The number of carboxylic acids is 1. The fraction of sp³-hybridized carbons (Fsp3) is 0.462. The van der Waals surface area contributed by atoms with Gasteiger partial charge < -0.3 is 26.4 Å². The Hall–Kier alpha value is -3.62. The topological polar surface area (TPSA) is 137 Å². The van der Waals surface area contributed by atoms with E-state index in [1.807, 2.05) is 45.1 Å². The summed E-state index contributed by atoms with van der Waals surface area (Å²) in [7, 11) is 0. The maximum absolute atomic E-state index is 12.6. The molecule has 9 nitrogen and oxygen atoms in total. The Labute approximate surface area is 206 Å². The molecule has 35 heavy (non-hydrogen) atoms. The average molecular weight is 485 g/mol. The van der Waals surface area contributed by atoms with Gasteiger partial charge in [0.2, 0.25) is 11.8 Å². The van der Waals surface area contributed by atoms with Crippen molar-refractivity contribution in [1.82, 2.24) is 16.0 Å². The van der Waals surface area contributed by atoms with Crippen LogP contribution in [0.25, 0.3) is 0 Å². The second-order valence-corrected chi connectivity index (χ2v) is 9.16. The fourth-order valence-electron chi connectivity index (χ4n) is 3.63. The van der Waals surface area contributed by atoms with Gasteiger partial charge in [0.15, 0.2) is 0 Å². The van der Waals surface area contributed by atoms with Crippen molar-refractivity contribution in [3.8, 4) is 0 Å². The molecule has 0 saturated heterocycles. The minimum Gasteiger partial charge on any atom is -0.481 e. The second-order valence-electron chi connectivity index (χ2n) is 9.16. The second kappa shape index (κ2) is 13.9. The molecule has 3 unspecified atom stereocenters. The summed E-state index contributed by atoms with van der Waals surface area (Å²) in [6.45, 7) is 6.19. The molecule has 0 radical (unpaired) electrons. The minimum atomic E-state index is -0.915. The van der Waals surface area contributed by atoms with E-state index in [0.717, 1.165) is 5.56 Å². The molecule has 1 aliphatic carbocycles.